The molecule has 1 saturated heterocycles. The molecule has 0 spiro atoms. The van der Waals surface area contributed by atoms with Gasteiger partial charge in [0.05, 0.1) is 0 Å². The van der Waals surface area contributed by atoms with Crippen LogP contribution < -0.4 is 10.6 Å². The first-order valence-electron chi connectivity index (χ1n) is 8.35. The molecule has 1 aromatic rings. The van der Waals surface area contributed by atoms with E-state index in [4.69, 9.17) is 0 Å². The van der Waals surface area contributed by atoms with Crippen LogP contribution >= 0.6 is 11.8 Å². The van der Waals surface area contributed by atoms with Crippen molar-refractivity contribution < 1.29 is 22.8 Å². The van der Waals surface area contributed by atoms with Crippen molar-refractivity contribution in [3.63, 3.8) is 0 Å². The summed E-state index contributed by atoms with van der Waals surface area (Å²) in [6.45, 7) is 2.14. The van der Waals surface area contributed by atoms with Crippen molar-refractivity contribution >= 4 is 29.3 Å². The van der Waals surface area contributed by atoms with E-state index in [9.17, 15) is 22.8 Å². The molecule has 1 atom stereocenters. The molecule has 1 heterocycles. The fourth-order valence-electron chi connectivity index (χ4n) is 2.66. The molecule has 2 amide bonds. The third-order valence-electron chi connectivity index (χ3n) is 3.93. The summed E-state index contributed by atoms with van der Waals surface area (Å²) >= 11 is 1.80. The molecule has 1 aliphatic heterocycles. The molecule has 2 N–H and O–H groups in total. The number of rotatable bonds is 6. The minimum absolute atomic E-state index is 0.0556. The Kier molecular flexibility index (Phi) is 7.33. The standard InChI is InChI=1S/C17H22F3N3O2S/c1-2-23(16(25)17(18,19)20)10-12-4-3-5-13(8-12)22-15(24)9-14-11-26-7-6-21-14/h3-5,8,14,21H,2,6-7,9-11H2,1H3,(H,22,24). The maximum Gasteiger partial charge on any atom is 0.471 e. The molecule has 1 aliphatic rings. The van der Waals surface area contributed by atoms with Crippen LogP contribution in [0.15, 0.2) is 24.3 Å². The van der Waals surface area contributed by atoms with Gasteiger partial charge >= 0.3 is 12.1 Å². The number of amides is 2. The second-order valence-electron chi connectivity index (χ2n) is 6.00. The quantitative estimate of drug-likeness (QED) is 0.785. The lowest BCUT2D eigenvalue weighted by Crippen LogP contribution is -2.40. The van der Waals surface area contributed by atoms with Crippen molar-refractivity contribution in [3.05, 3.63) is 29.8 Å². The molecule has 1 fully saturated rings. The highest BCUT2D eigenvalue weighted by atomic mass is 32.2. The molecule has 9 heteroatoms. The summed E-state index contributed by atoms with van der Waals surface area (Å²) in [6, 6.07) is 6.66. The summed E-state index contributed by atoms with van der Waals surface area (Å²) in [4.78, 5) is 24.3. The molecule has 5 nitrogen and oxygen atoms in total. The van der Waals surface area contributed by atoms with Gasteiger partial charge in [0.15, 0.2) is 0 Å². The number of carbonyl (C=O) groups excluding carboxylic acids is 2. The van der Waals surface area contributed by atoms with Gasteiger partial charge in [0.25, 0.3) is 0 Å². The number of nitrogens with one attached hydrogen (secondary N) is 2. The third-order valence-corrected chi connectivity index (χ3v) is 5.06. The van der Waals surface area contributed by atoms with E-state index in [2.05, 4.69) is 10.6 Å². The highest BCUT2D eigenvalue weighted by molar-refractivity contribution is 7.99. The van der Waals surface area contributed by atoms with Crippen LogP contribution in [0.3, 0.4) is 0 Å². The second kappa shape index (κ2) is 9.27. The lowest BCUT2D eigenvalue weighted by atomic mass is 10.1. The van der Waals surface area contributed by atoms with Crippen LogP contribution in [-0.4, -0.2) is 53.5 Å². The average molecular weight is 389 g/mol. The zero-order valence-electron chi connectivity index (χ0n) is 14.4. The molecule has 0 aromatic heterocycles. The van der Waals surface area contributed by atoms with Crippen molar-refractivity contribution in [2.24, 2.45) is 0 Å². The lowest BCUT2D eigenvalue weighted by molar-refractivity contribution is -0.185. The third kappa shape index (κ3) is 6.21. The first-order chi connectivity index (χ1) is 12.3. The Balaban J connectivity index is 1.96. The van der Waals surface area contributed by atoms with E-state index in [1.807, 2.05) is 0 Å². The number of anilines is 1. The topological polar surface area (TPSA) is 61.4 Å². The predicted octanol–water partition coefficient (Wildman–Crippen LogP) is 2.63. The number of carbonyl (C=O) groups is 2. The molecule has 2 rings (SSSR count). The first-order valence-corrected chi connectivity index (χ1v) is 9.51. The van der Waals surface area contributed by atoms with Gasteiger partial charge in [-0.15, -0.1) is 0 Å². The molecular weight excluding hydrogens is 367 g/mol. The minimum atomic E-state index is -4.90. The van der Waals surface area contributed by atoms with E-state index >= 15 is 0 Å². The lowest BCUT2D eigenvalue weighted by Gasteiger charge is -2.23. The van der Waals surface area contributed by atoms with Gasteiger partial charge in [0, 0.05) is 49.3 Å². The van der Waals surface area contributed by atoms with Crippen LogP contribution in [0.5, 0.6) is 0 Å². The van der Waals surface area contributed by atoms with Crippen LogP contribution in [0.2, 0.25) is 0 Å². The van der Waals surface area contributed by atoms with Gasteiger partial charge in [0.2, 0.25) is 5.91 Å². The average Bonchev–Trinajstić information content (AvgIpc) is 2.59. The van der Waals surface area contributed by atoms with Crippen LogP contribution in [0.1, 0.15) is 18.9 Å². The summed E-state index contributed by atoms with van der Waals surface area (Å²) in [5.74, 6) is -0.111. The molecule has 144 valence electrons. The Labute approximate surface area is 154 Å². The van der Waals surface area contributed by atoms with Crippen LogP contribution in [0, 0.1) is 0 Å². The molecule has 0 bridgehead atoms. The Morgan fingerprint density at radius 3 is 2.77 bits per heavy atom. The van der Waals surface area contributed by atoms with E-state index < -0.39 is 12.1 Å². The molecule has 1 aromatic carbocycles. The summed E-state index contributed by atoms with van der Waals surface area (Å²) in [6.07, 6.45) is -4.56. The molecule has 1 unspecified atom stereocenters. The monoisotopic (exact) mass is 389 g/mol. The van der Waals surface area contributed by atoms with E-state index in [0.717, 1.165) is 23.0 Å². The smallest absolute Gasteiger partial charge is 0.331 e. The number of benzene rings is 1. The van der Waals surface area contributed by atoms with Crippen LogP contribution in [0.25, 0.3) is 0 Å². The first kappa shape index (κ1) is 20.6. The van der Waals surface area contributed by atoms with E-state index in [1.54, 1.807) is 36.0 Å². The van der Waals surface area contributed by atoms with Gasteiger partial charge < -0.3 is 15.5 Å². The Morgan fingerprint density at radius 2 is 2.15 bits per heavy atom. The van der Waals surface area contributed by atoms with Crippen molar-refractivity contribution in [3.8, 4) is 0 Å². The SMILES string of the molecule is CCN(Cc1cccc(NC(=O)CC2CSCCN2)c1)C(=O)C(F)(F)F. The van der Waals surface area contributed by atoms with Crippen molar-refractivity contribution in [2.75, 3.05) is 29.9 Å². The Bertz CT molecular complexity index is 634. The fourth-order valence-corrected chi connectivity index (χ4v) is 3.61. The molecule has 0 radical (unpaired) electrons. The highest BCUT2D eigenvalue weighted by Crippen LogP contribution is 2.21. The molecule has 0 saturated carbocycles. The number of nitrogens with zero attached hydrogens (tertiary/aromatic N) is 1. The molecule has 26 heavy (non-hydrogen) atoms. The van der Waals surface area contributed by atoms with Gasteiger partial charge in [-0.2, -0.15) is 24.9 Å². The number of hydrogen-bond donors (Lipinski definition) is 2. The van der Waals surface area contributed by atoms with Gasteiger partial charge in [-0.3, -0.25) is 9.59 Å². The highest BCUT2D eigenvalue weighted by Gasteiger charge is 2.41. The summed E-state index contributed by atoms with van der Waals surface area (Å²) in [7, 11) is 0. The predicted molar refractivity (Wildman–Crippen MR) is 96.0 cm³/mol. The maximum atomic E-state index is 12.6. The summed E-state index contributed by atoms with van der Waals surface area (Å²) < 4.78 is 37.8. The van der Waals surface area contributed by atoms with E-state index in [1.165, 1.54) is 6.92 Å². The maximum absolute atomic E-state index is 12.6. The van der Waals surface area contributed by atoms with Gasteiger partial charge in [-0.05, 0) is 24.6 Å². The van der Waals surface area contributed by atoms with Gasteiger partial charge in [-0.25, -0.2) is 0 Å². The summed E-state index contributed by atoms with van der Waals surface area (Å²) in [5, 5.41) is 6.04. The fraction of sp³-hybridized carbons (Fsp3) is 0.529. The number of thioether (sulfide) groups is 1. The van der Waals surface area contributed by atoms with Crippen LogP contribution in [0.4, 0.5) is 18.9 Å². The van der Waals surface area contributed by atoms with Crippen molar-refractivity contribution in [1.82, 2.24) is 10.2 Å². The van der Waals surface area contributed by atoms with Gasteiger partial charge in [0.1, 0.15) is 0 Å². The van der Waals surface area contributed by atoms with Crippen LogP contribution in [-0.2, 0) is 16.1 Å². The number of hydrogen-bond acceptors (Lipinski definition) is 4. The Hall–Kier alpha value is -1.74. The number of alkyl halides is 3. The van der Waals surface area contributed by atoms with Gasteiger partial charge in [-0.1, -0.05) is 12.1 Å². The zero-order valence-corrected chi connectivity index (χ0v) is 15.3. The summed E-state index contributed by atoms with van der Waals surface area (Å²) in [5.41, 5.74) is 1.03. The normalized spacial score (nSPS) is 17.6. The zero-order chi connectivity index (χ0) is 19.2. The molecular formula is C17H22F3N3O2S. The van der Waals surface area contributed by atoms with Crippen molar-refractivity contribution in [1.29, 1.82) is 0 Å². The largest absolute Gasteiger partial charge is 0.471 e. The second-order valence-corrected chi connectivity index (χ2v) is 7.15. The van der Waals surface area contributed by atoms with E-state index in [0.29, 0.717) is 17.7 Å². The van der Waals surface area contributed by atoms with Crippen molar-refractivity contribution in [2.45, 2.75) is 32.1 Å². The molecule has 0 aliphatic carbocycles. The Morgan fingerprint density at radius 1 is 1.38 bits per heavy atom. The van der Waals surface area contributed by atoms with E-state index in [-0.39, 0.29) is 25.0 Å². The number of halogens is 3. The minimum Gasteiger partial charge on any atom is -0.331 e.